The zero-order valence-corrected chi connectivity index (χ0v) is 10.1. The first-order chi connectivity index (χ1) is 8.78. The Kier molecular flexibility index (Phi) is 4.07. The molecular formula is C15H14FNO. The van der Waals surface area contributed by atoms with E-state index >= 15 is 0 Å². The molecule has 0 aromatic heterocycles. The predicted molar refractivity (Wildman–Crippen MR) is 70.7 cm³/mol. The molecule has 2 nitrogen and oxygen atoms in total. The van der Waals surface area contributed by atoms with E-state index in [1.165, 1.54) is 12.1 Å². The molecule has 18 heavy (non-hydrogen) atoms. The van der Waals surface area contributed by atoms with Crippen molar-refractivity contribution in [1.29, 1.82) is 0 Å². The molecule has 0 spiro atoms. The van der Waals surface area contributed by atoms with Crippen molar-refractivity contribution in [1.82, 2.24) is 0 Å². The summed E-state index contributed by atoms with van der Waals surface area (Å²) in [4.78, 5) is 4.31. The minimum Gasteiger partial charge on any atom is -0.497 e. The van der Waals surface area contributed by atoms with Gasteiger partial charge in [-0.05, 0) is 35.4 Å². The number of nitrogens with zero attached hydrogens (tertiary/aromatic N) is 1. The number of ether oxygens (including phenoxy) is 1. The topological polar surface area (TPSA) is 21.6 Å². The molecule has 0 atom stereocenters. The van der Waals surface area contributed by atoms with Gasteiger partial charge in [-0.3, -0.25) is 4.99 Å². The first kappa shape index (κ1) is 12.3. The number of halogens is 1. The largest absolute Gasteiger partial charge is 0.497 e. The first-order valence-corrected chi connectivity index (χ1v) is 5.66. The van der Waals surface area contributed by atoms with Crippen molar-refractivity contribution in [3.8, 4) is 5.75 Å². The smallest absolute Gasteiger partial charge is 0.123 e. The Morgan fingerprint density at radius 1 is 1.06 bits per heavy atom. The van der Waals surface area contributed by atoms with Gasteiger partial charge in [0.15, 0.2) is 0 Å². The molecule has 0 N–H and O–H groups in total. The summed E-state index contributed by atoms with van der Waals surface area (Å²) in [5.74, 6) is 0.601. The summed E-state index contributed by atoms with van der Waals surface area (Å²) in [5.41, 5.74) is 2.00. The van der Waals surface area contributed by atoms with E-state index in [2.05, 4.69) is 4.99 Å². The molecule has 0 amide bonds. The van der Waals surface area contributed by atoms with E-state index < -0.39 is 0 Å². The number of benzene rings is 2. The third kappa shape index (κ3) is 3.42. The molecule has 0 fully saturated rings. The minimum atomic E-state index is -0.234. The van der Waals surface area contributed by atoms with Crippen LogP contribution >= 0.6 is 0 Å². The Hall–Kier alpha value is -2.16. The van der Waals surface area contributed by atoms with Gasteiger partial charge in [0.05, 0.1) is 13.7 Å². The lowest BCUT2D eigenvalue weighted by Crippen LogP contribution is -1.86. The Morgan fingerprint density at radius 3 is 2.33 bits per heavy atom. The van der Waals surface area contributed by atoms with Gasteiger partial charge in [0.1, 0.15) is 11.6 Å². The molecule has 0 aliphatic rings. The van der Waals surface area contributed by atoms with Crippen LogP contribution in [0.2, 0.25) is 0 Å². The quantitative estimate of drug-likeness (QED) is 0.754. The molecule has 0 aliphatic heterocycles. The molecule has 0 unspecified atom stereocenters. The summed E-state index contributed by atoms with van der Waals surface area (Å²) in [6, 6.07) is 14.0. The maximum Gasteiger partial charge on any atom is 0.123 e. The normalized spacial score (nSPS) is 10.8. The molecule has 92 valence electrons. The lowest BCUT2D eigenvalue weighted by atomic mass is 10.2. The highest BCUT2D eigenvalue weighted by Gasteiger charge is 1.93. The van der Waals surface area contributed by atoms with Crippen LogP contribution < -0.4 is 4.74 Å². The van der Waals surface area contributed by atoms with Crippen LogP contribution in [0.4, 0.5) is 4.39 Å². The summed E-state index contributed by atoms with van der Waals surface area (Å²) in [6.07, 6.45) is 1.74. The molecule has 0 bridgehead atoms. The number of hydrogen-bond donors (Lipinski definition) is 0. The van der Waals surface area contributed by atoms with Crippen LogP contribution in [0.25, 0.3) is 0 Å². The minimum absolute atomic E-state index is 0.234. The van der Waals surface area contributed by atoms with Gasteiger partial charge in [-0.25, -0.2) is 4.39 Å². The van der Waals surface area contributed by atoms with Crippen LogP contribution in [0.1, 0.15) is 11.1 Å². The molecule has 0 radical (unpaired) electrons. The second-order valence-corrected chi connectivity index (χ2v) is 3.87. The van der Waals surface area contributed by atoms with E-state index in [1.54, 1.807) is 25.5 Å². The van der Waals surface area contributed by atoms with E-state index in [4.69, 9.17) is 4.74 Å². The summed E-state index contributed by atoms with van der Waals surface area (Å²) >= 11 is 0. The molecule has 0 saturated heterocycles. The van der Waals surface area contributed by atoms with Crippen molar-refractivity contribution in [3.63, 3.8) is 0 Å². The van der Waals surface area contributed by atoms with Gasteiger partial charge in [0.2, 0.25) is 0 Å². The number of hydrogen-bond acceptors (Lipinski definition) is 2. The molecule has 0 saturated carbocycles. The number of rotatable bonds is 4. The highest BCUT2D eigenvalue weighted by Crippen LogP contribution is 2.11. The molecule has 2 aromatic rings. The number of aliphatic imine (C=N–C) groups is 1. The zero-order chi connectivity index (χ0) is 12.8. The molecular weight excluding hydrogens is 229 g/mol. The van der Waals surface area contributed by atoms with Crippen LogP contribution in [-0.4, -0.2) is 13.3 Å². The fraction of sp³-hybridized carbons (Fsp3) is 0.133. The monoisotopic (exact) mass is 243 g/mol. The molecule has 0 heterocycles. The van der Waals surface area contributed by atoms with Crippen LogP contribution in [-0.2, 0) is 6.54 Å². The van der Waals surface area contributed by atoms with E-state index in [-0.39, 0.29) is 5.82 Å². The first-order valence-electron chi connectivity index (χ1n) is 5.66. The summed E-state index contributed by atoms with van der Waals surface area (Å²) in [7, 11) is 1.64. The number of methoxy groups -OCH3 is 1. The Labute approximate surface area is 106 Å². The Morgan fingerprint density at radius 2 is 1.72 bits per heavy atom. The van der Waals surface area contributed by atoms with Crippen LogP contribution in [0.3, 0.4) is 0 Å². The lowest BCUT2D eigenvalue weighted by molar-refractivity contribution is 0.414. The molecule has 2 aromatic carbocycles. The SMILES string of the molecule is COc1ccc(CN=Cc2ccc(F)cc2)cc1. The average Bonchev–Trinajstić information content (AvgIpc) is 2.42. The maximum atomic E-state index is 12.7. The van der Waals surface area contributed by atoms with Gasteiger partial charge >= 0.3 is 0 Å². The van der Waals surface area contributed by atoms with Crippen molar-refractivity contribution in [2.75, 3.05) is 7.11 Å². The lowest BCUT2D eigenvalue weighted by Gasteiger charge is -2.00. The standard InChI is InChI=1S/C15H14FNO/c1-18-15-8-4-13(5-9-15)11-17-10-12-2-6-14(16)7-3-12/h2-10H,11H2,1H3. The zero-order valence-electron chi connectivity index (χ0n) is 10.1. The Balaban J connectivity index is 1.95. The Bertz CT molecular complexity index is 517. The van der Waals surface area contributed by atoms with Gasteiger partial charge in [0.25, 0.3) is 0 Å². The molecule has 0 aliphatic carbocycles. The van der Waals surface area contributed by atoms with Crippen molar-refractivity contribution in [3.05, 3.63) is 65.5 Å². The predicted octanol–water partition coefficient (Wildman–Crippen LogP) is 3.45. The van der Waals surface area contributed by atoms with E-state index in [1.807, 2.05) is 24.3 Å². The summed E-state index contributed by atoms with van der Waals surface area (Å²) in [6.45, 7) is 0.599. The van der Waals surface area contributed by atoms with Crippen molar-refractivity contribution >= 4 is 6.21 Å². The summed E-state index contributed by atoms with van der Waals surface area (Å²) < 4.78 is 17.8. The second kappa shape index (κ2) is 5.96. The highest BCUT2D eigenvalue weighted by atomic mass is 19.1. The van der Waals surface area contributed by atoms with Crippen molar-refractivity contribution < 1.29 is 9.13 Å². The third-order valence-electron chi connectivity index (χ3n) is 2.54. The summed E-state index contributed by atoms with van der Waals surface area (Å²) in [5, 5.41) is 0. The van der Waals surface area contributed by atoms with E-state index in [0.717, 1.165) is 16.9 Å². The van der Waals surface area contributed by atoms with Gasteiger partial charge in [-0.15, -0.1) is 0 Å². The van der Waals surface area contributed by atoms with E-state index in [9.17, 15) is 4.39 Å². The highest BCUT2D eigenvalue weighted by molar-refractivity contribution is 5.79. The fourth-order valence-electron chi connectivity index (χ4n) is 1.54. The second-order valence-electron chi connectivity index (χ2n) is 3.87. The fourth-order valence-corrected chi connectivity index (χ4v) is 1.54. The van der Waals surface area contributed by atoms with Crippen LogP contribution in [0.5, 0.6) is 5.75 Å². The van der Waals surface area contributed by atoms with Crippen molar-refractivity contribution in [2.45, 2.75) is 6.54 Å². The van der Waals surface area contributed by atoms with Gasteiger partial charge < -0.3 is 4.74 Å². The van der Waals surface area contributed by atoms with Gasteiger partial charge in [-0.2, -0.15) is 0 Å². The van der Waals surface area contributed by atoms with Crippen molar-refractivity contribution in [2.24, 2.45) is 4.99 Å². The maximum absolute atomic E-state index is 12.7. The third-order valence-corrected chi connectivity index (χ3v) is 2.54. The average molecular weight is 243 g/mol. The molecule has 3 heteroatoms. The van der Waals surface area contributed by atoms with Crippen LogP contribution in [0, 0.1) is 5.82 Å². The van der Waals surface area contributed by atoms with Gasteiger partial charge in [-0.1, -0.05) is 24.3 Å². The van der Waals surface area contributed by atoms with Crippen LogP contribution in [0.15, 0.2) is 53.5 Å². The molecule has 2 rings (SSSR count). The van der Waals surface area contributed by atoms with Gasteiger partial charge in [0, 0.05) is 6.21 Å². The van der Waals surface area contributed by atoms with E-state index in [0.29, 0.717) is 6.54 Å².